The Labute approximate surface area is 320 Å². The molecule has 0 aromatic heterocycles. The van der Waals surface area contributed by atoms with Gasteiger partial charge in [0.25, 0.3) is 22.7 Å². The molecule has 0 fully saturated rings. The standard InChI is InChI=1S/C33H24N4O18S2/c1-52-30-15-20(5-11-28(30)54-56(48,49)32-13-7-22(34(40)41)17-26(32)36(44)45)3-9-24(38)19-25(39)10-4-21-6-12-29(31(16-21)53-2)55-57(50,51)33-14-8-23(35(42)43)18-27(33)37(46)47/h3-19,38H,1-2H3/b9-3-,10-4+,24-19-. The lowest BCUT2D eigenvalue weighted by Gasteiger charge is -2.11. The van der Waals surface area contributed by atoms with E-state index in [-0.39, 0.29) is 17.1 Å². The van der Waals surface area contributed by atoms with Crippen molar-refractivity contribution >= 4 is 60.9 Å². The van der Waals surface area contributed by atoms with E-state index in [2.05, 4.69) is 0 Å². The second-order valence-corrected chi connectivity index (χ2v) is 13.9. The molecule has 0 aliphatic rings. The zero-order valence-electron chi connectivity index (χ0n) is 28.8. The number of benzene rings is 4. The zero-order valence-corrected chi connectivity index (χ0v) is 30.4. The molecule has 22 nitrogen and oxygen atoms in total. The average molecular weight is 829 g/mol. The first-order chi connectivity index (χ1) is 26.8. The lowest BCUT2D eigenvalue weighted by Crippen LogP contribution is -2.13. The normalized spacial score (nSPS) is 11.9. The molecule has 296 valence electrons. The summed E-state index contributed by atoms with van der Waals surface area (Å²) in [7, 11) is -7.50. The number of ketones is 1. The third-order valence-electron chi connectivity index (χ3n) is 7.19. The molecule has 24 heteroatoms. The predicted octanol–water partition coefficient (Wildman–Crippen LogP) is 5.61. The van der Waals surface area contributed by atoms with E-state index in [1.165, 1.54) is 36.4 Å². The number of aliphatic hydroxyl groups excluding tert-OH is 1. The summed E-state index contributed by atoms with van der Waals surface area (Å²) in [6.07, 6.45) is 5.52. The number of carbonyl (C=O) groups excluding carboxylic acids is 1. The number of rotatable bonds is 17. The second-order valence-electron chi connectivity index (χ2n) is 10.9. The lowest BCUT2D eigenvalue weighted by molar-refractivity contribution is -0.396. The van der Waals surface area contributed by atoms with Gasteiger partial charge in [-0.1, -0.05) is 24.3 Å². The number of hydrogen-bond donors (Lipinski definition) is 1. The monoisotopic (exact) mass is 828 g/mol. The van der Waals surface area contributed by atoms with Crippen LogP contribution in [0.25, 0.3) is 12.2 Å². The smallest absolute Gasteiger partial charge is 0.346 e. The van der Waals surface area contributed by atoms with Crippen molar-refractivity contribution in [1.82, 2.24) is 0 Å². The largest absolute Gasteiger partial charge is 0.508 e. The highest BCUT2D eigenvalue weighted by molar-refractivity contribution is 7.87. The third-order valence-corrected chi connectivity index (χ3v) is 9.76. The molecule has 0 amide bonds. The summed E-state index contributed by atoms with van der Waals surface area (Å²) >= 11 is 0. The first-order valence-electron chi connectivity index (χ1n) is 15.2. The summed E-state index contributed by atoms with van der Waals surface area (Å²) < 4.78 is 72.0. The van der Waals surface area contributed by atoms with Crippen molar-refractivity contribution in [2.24, 2.45) is 0 Å². The zero-order chi connectivity index (χ0) is 42.2. The van der Waals surface area contributed by atoms with Crippen LogP contribution < -0.4 is 17.8 Å². The van der Waals surface area contributed by atoms with E-state index in [0.29, 0.717) is 29.8 Å². The lowest BCUT2D eigenvalue weighted by atomic mass is 10.1. The minimum Gasteiger partial charge on any atom is -0.508 e. The Balaban J connectivity index is 1.47. The van der Waals surface area contributed by atoms with E-state index in [4.69, 9.17) is 17.8 Å². The number of aliphatic hydroxyl groups is 1. The average Bonchev–Trinajstić information content (AvgIpc) is 3.16. The molecule has 0 atom stereocenters. The van der Waals surface area contributed by atoms with Crippen LogP contribution in [0.5, 0.6) is 23.0 Å². The van der Waals surface area contributed by atoms with Crippen LogP contribution in [0.15, 0.2) is 107 Å². The number of allylic oxidation sites excluding steroid dienone is 3. The van der Waals surface area contributed by atoms with Crippen molar-refractivity contribution in [2.45, 2.75) is 9.79 Å². The van der Waals surface area contributed by atoms with Crippen LogP contribution in [-0.4, -0.2) is 61.6 Å². The fourth-order valence-corrected chi connectivity index (χ4v) is 6.76. The maximum atomic E-state index is 12.9. The van der Waals surface area contributed by atoms with Crippen molar-refractivity contribution < 1.29 is 64.3 Å². The Hall–Kier alpha value is -7.73. The Kier molecular flexibility index (Phi) is 12.7. The Morgan fingerprint density at radius 1 is 0.579 bits per heavy atom. The highest BCUT2D eigenvalue weighted by atomic mass is 32.2. The molecule has 0 aliphatic carbocycles. The van der Waals surface area contributed by atoms with Gasteiger partial charge in [0.1, 0.15) is 5.76 Å². The van der Waals surface area contributed by atoms with Crippen molar-refractivity contribution in [3.63, 3.8) is 0 Å². The van der Waals surface area contributed by atoms with Gasteiger partial charge >= 0.3 is 20.2 Å². The van der Waals surface area contributed by atoms with Crippen LogP contribution in [0.1, 0.15) is 11.1 Å². The molecule has 4 rings (SSSR count). The predicted molar refractivity (Wildman–Crippen MR) is 195 cm³/mol. The molecular formula is C33H24N4O18S2. The molecule has 1 N–H and O–H groups in total. The molecule has 0 aliphatic heterocycles. The van der Waals surface area contributed by atoms with Crippen LogP contribution in [0, 0.1) is 40.5 Å². The fourth-order valence-electron chi connectivity index (χ4n) is 4.59. The fraction of sp³-hybridized carbons (Fsp3) is 0.0606. The number of nitrogens with zero attached hydrogens (tertiary/aromatic N) is 4. The number of non-ortho nitro benzene ring substituents is 2. The van der Waals surface area contributed by atoms with E-state index < -0.39 is 95.5 Å². The Morgan fingerprint density at radius 3 is 1.35 bits per heavy atom. The van der Waals surface area contributed by atoms with Gasteiger partial charge < -0.3 is 22.9 Å². The molecule has 0 radical (unpaired) electrons. The van der Waals surface area contributed by atoms with E-state index in [9.17, 15) is 67.2 Å². The molecule has 57 heavy (non-hydrogen) atoms. The van der Waals surface area contributed by atoms with Crippen molar-refractivity contribution in [2.75, 3.05) is 14.2 Å². The highest BCUT2D eigenvalue weighted by Gasteiger charge is 2.32. The highest BCUT2D eigenvalue weighted by Crippen LogP contribution is 2.36. The first-order valence-corrected chi connectivity index (χ1v) is 18.0. The van der Waals surface area contributed by atoms with Gasteiger partial charge in [0.15, 0.2) is 38.6 Å². The van der Waals surface area contributed by atoms with Gasteiger partial charge in [-0.2, -0.15) is 16.8 Å². The topological polar surface area (TPSA) is 315 Å². The summed E-state index contributed by atoms with van der Waals surface area (Å²) in [5.41, 5.74) is -3.06. The van der Waals surface area contributed by atoms with Gasteiger partial charge in [-0.15, -0.1) is 0 Å². The van der Waals surface area contributed by atoms with Gasteiger partial charge in [0, 0.05) is 18.2 Å². The quantitative estimate of drug-likeness (QED) is 0.0337. The minimum atomic E-state index is -4.91. The van der Waals surface area contributed by atoms with Crippen molar-refractivity contribution in [3.05, 3.63) is 148 Å². The van der Waals surface area contributed by atoms with Gasteiger partial charge in [0.05, 0.1) is 46.0 Å². The summed E-state index contributed by atoms with van der Waals surface area (Å²) in [5.74, 6) is -2.45. The van der Waals surface area contributed by atoms with E-state index in [1.54, 1.807) is 0 Å². The van der Waals surface area contributed by atoms with Crippen LogP contribution in [0.4, 0.5) is 22.7 Å². The second kappa shape index (κ2) is 17.2. The van der Waals surface area contributed by atoms with Gasteiger partial charge in [-0.3, -0.25) is 45.3 Å². The third kappa shape index (κ3) is 10.3. The van der Waals surface area contributed by atoms with Crippen LogP contribution in [0.2, 0.25) is 0 Å². The van der Waals surface area contributed by atoms with Gasteiger partial charge in [-0.25, -0.2) is 0 Å². The molecule has 0 unspecified atom stereocenters. The van der Waals surface area contributed by atoms with E-state index in [1.807, 2.05) is 0 Å². The summed E-state index contributed by atoms with van der Waals surface area (Å²) in [4.78, 5) is 51.4. The molecule has 0 saturated heterocycles. The molecule has 4 aromatic rings. The SMILES string of the molecule is COc1cc(/C=C\C(O)=C\C(=O)/C=C/c2ccc(OS(=O)(=O)c3ccc([N+](=O)[O-])cc3[N+](=O)[O-])c(OC)c2)ccc1OS(=O)(=O)c1ccc([N+](=O)[O-])cc1[N+](=O)[O-]. The summed E-state index contributed by atoms with van der Waals surface area (Å²) in [5, 5.41) is 55.2. The van der Waals surface area contributed by atoms with Gasteiger partial charge in [0.2, 0.25) is 0 Å². The molecule has 4 aromatic carbocycles. The number of carbonyl (C=O) groups is 1. The van der Waals surface area contributed by atoms with Gasteiger partial charge in [-0.05, 0) is 59.7 Å². The summed E-state index contributed by atoms with van der Waals surface area (Å²) in [6, 6.07) is 11.1. The maximum Gasteiger partial charge on any atom is 0.346 e. The maximum absolute atomic E-state index is 12.9. The summed E-state index contributed by atoms with van der Waals surface area (Å²) in [6.45, 7) is 0. The molecule has 0 bridgehead atoms. The van der Waals surface area contributed by atoms with Crippen LogP contribution in [0.3, 0.4) is 0 Å². The number of nitro groups is 4. The molecular weight excluding hydrogens is 805 g/mol. The Bertz CT molecular complexity index is 2640. The van der Waals surface area contributed by atoms with Crippen LogP contribution >= 0.6 is 0 Å². The first kappa shape index (κ1) is 42.0. The van der Waals surface area contributed by atoms with E-state index >= 15 is 0 Å². The number of methoxy groups -OCH3 is 2. The Morgan fingerprint density at radius 2 is 0.982 bits per heavy atom. The number of ether oxygens (including phenoxy) is 2. The molecule has 0 saturated carbocycles. The number of nitro benzene ring substituents is 4. The molecule has 0 spiro atoms. The van der Waals surface area contributed by atoms with Crippen molar-refractivity contribution in [3.8, 4) is 23.0 Å². The number of hydrogen-bond acceptors (Lipinski definition) is 18. The van der Waals surface area contributed by atoms with E-state index in [0.717, 1.165) is 56.7 Å². The minimum absolute atomic E-state index is 0.176. The molecule has 0 heterocycles. The van der Waals surface area contributed by atoms with Crippen LogP contribution in [-0.2, 0) is 25.0 Å². The van der Waals surface area contributed by atoms with Crippen molar-refractivity contribution in [1.29, 1.82) is 0 Å².